The van der Waals surface area contributed by atoms with E-state index in [1.807, 2.05) is 6.07 Å². The van der Waals surface area contributed by atoms with Crippen molar-refractivity contribution in [3.63, 3.8) is 0 Å². The lowest BCUT2D eigenvalue weighted by Gasteiger charge is -2.28. The number of rotatable bonds is 6. The summed E-state index contributed by atoms with van der Waals surface area (Å²) in [7, 11) is 1.68. The van der Waals surface area contributed by atoms with E-state index >= 15 is 0 Å². The van der Waals surface area contributed by atoms with Crippen LogP contribution >= 0.6 is 11.6 Å². The van der Waals surface area contributed by atoms with E-state index in [2.05, 4.69) is 24.4 Å². The van der Waals surface area contributed by atoms with E-state index in [4.69, 9.17) is 16.3 Å². The summed E-state index contributed by atoms with van der Waals surface area (Å²) in [4.78, 5) is 0. The normalized spacial score (nSPS) is 28.8. The van der Waals surface area contributed by atoms with Crippen LogP contribution in [0.4, 0.5) is 0 Å². The summed E-state index contributed by atoms with van der Waals surface area (Å²) >= 11 is 6.15. The van der Waals surface area contributed by atoms with E-state index in [1.165, 1.54) is 37.7 Å². The molecule has 0 aromatic heterocycles. The van der Waals surface area contributed by atoms with E-state index in [0.29, 0.717) is 11.1 Å². The lowest BCUT2D eigenvalue weighted by Crippen LogP contribution is -2.25. The molecule has 3 heteroatoms. The Labute approximate surface area is 133 Å². The molecule has 2 aliphatic carbocycles. The van der Waals surface area contributed by atoms with Crippen molar-refractivity contribution in [2.24, 2.45) is 17.8 Å². The van der Waals surface area contributed by atoms with Gasteiger partial charge >= 0.3 is 0 Å². The summed E-state index contributed by atoms with van der Waals surface area (Å²) in [5, 5.41) is 4.35. The highest BCUT2D eigenvalue weighted by molar-refractivity contribution is 6.32. The van der Waals surface area contributed by atoms with Crippen LogP contribution in [-0.4, -0.2) is 13.7 Å². The largest absolute Gasteiger partial charge is 0.495 e. The van der Waals surface area contributed by atoms with Gasteiger partial charge in [0.15, 0.2) is 0 Å². The second-order valence-corrected chi connectivity index (χ2v) is 7.08. The first-order chi connectivity index (χ1) is 10.2. The van der Waals surface area contributed by atoms with E-state index in [-0.39, 0.29) is 0 Å². The molecule has 1 aromatic carbocycles. The smallest absolute Gasteiger partial charge is 0.137 e. The van der Waals surface area contributed by atoms with Gasteiger partial charge in [-0.05, 0) is 67.7 Å². The molecule has 0 amide bonds. The molecule has 2 bridgehead atoms. The maximum Gasteiger partial charge on any atom is 0.137 e. The highest BCUT2D eigenvalue weighted by atomic mass is 35.5. The topological polar surface area (TPSA) is 21.3 Å². The fourth-order valence-corrected chi connectivity index (χ4v) is 4.64. The zero-order chi connectivity index (χ0) is 14.8. The van der Waals surface area contributed by atoms with Gasteiger partial charge in [0.05, 0.1) is 12.1 Å². The minimum Gasteiger partial charge on any atom is -0.495 e. The Morgan fingerprint density at radius 2 is 2.19 bits per heavy atom. The van der Waals surface area contributed by atoms with Crippen LogP contribution in [0.3, 0.4) is 0 Å². The molecule has 21 heavy (non-hydrogen) atoms. The lowest BCUT2D eigenvalue weighted by atomic mass is 9.82. The third-order valence-corrected chi connectivity index (χ3v) is 5.76. The number of halogens is 1. The molecule has 116 valence electrons. The predicted octanol–water partition coefficient (Wildman–Crippen LogP) is 4.83. The summed E-state index contributed by atoms with van der Waals surface area (Å²) in [5.74, 6) is 3.67. The van der Waals surface area contributed by atoms with Crippen LogP contribution in [0.2, 0.25) is 5.02 Å². The van der Waals surface area contributed by atoms with Crippen LogP contribution in [0, 0.1) is 17.8 Å². The van der Waals surface area contributed by atoms with E-state index in [0.717, 1.165) is 30.0 Å². The van der Waals surface area contributed by atoms with Gasteiger partial charge in [0.2, 0.25) is 0 Å². The van der Waals surface area contributed by atoms with Crippen molar-refractivity contribution < 1.29 is 4.74 Å². The van der Waals surface area contributed by atoms with Gasteiger partial charge in [-0.15, -0.1) is 0 Å². The molecule has 2 fully saturated rings. The van der Waals surface area contributed by atoms with Gasteiger partial charge < -0.3 is 10.1 Å². The molecule has 4 unspecified atom stereocenters. The van der Waals surface area contributed by atoms with Crippen molar-refractivity contribution in [2.45, 2.75) is 45.1 Å². The molecule has 2 nitrogen and oxygen atoms in total. The SMILES string of the molecule is CCNC(CC1CC2CCC1C2)c1ccc(Cl)c(OC)c1. The van der Waals surface area contributed by atoms with Crippen molar-refractivity contribution in [2.75, 3.05) is 13.7 Å². The molecule has 0 heterocycles. The van der Waals surface area contributed by atoms with E-state index in [9.17, 15) is 0 Å². The number of nitrogens with one attached hydrogen (secondary N) is 1. The number of benzene rings is 1. The van der Waals surface area contributed by atoms with Crippen LogP contribution < -0.4 is 10.1 Å². The maximum atomic E-state index is 6.15. The molecular formula is C18H26ClNO. The summed E-state index contributed by atoms with van der Waals surface area (Å²) in [6, 6.07) is 6.63. The highest BCUT2D eigenvalue weighted by Gasteiger charge is 2.40. The van der Waals surface area contributed by atoms with Gasteiger partial charge in [-0.1, -0.05) is 31.0 Å². The van der Waals surface area contributed by atoms with Gasteiger partial charge in [-0.2, -0.15) is 0 Å². The third kappa shape index (κ3) is 3.22. The maximum absolute atomic E-state index is 6.15. The van der Waals surface area contributed by atoms with Gasteiger partial charge in [0.25, 0.3) is 0 Å². The fourth-order valence-electron chi connectivity index (χ4n) is 4.44. The summed E-state index contributed by atoms with van der Waals surface area (Å²) < 4.78 is 5.37. The Hall–Kier alpha value is -0.730. The summed E-state index contributed by atoms with van der Waals surface area (Å²) in [5.41, 5.74) is 1.31. The standard InChI is InChI=1S/C18H26ClNO/c1-3-20-17(10-15-9-12-4-5-13(15)8-12)14-6-7-16(19)18(11-14)21-2/h6-7,11-13,15,17,20H,3-5,8-10H2,1-2H3. The Morgan fingerprint density at radius 3 is 2.81 bits per heavy atom. The van der Waals surface area contributed by atoms with Crippen LogP contribution in [0.25, 0.3) is 0 Å². The van der Waals surface area contributed by atoms with Crippen molar-refractivity contribution >= 4 is 11.6 Å². The average molecular weight is 308 g/mol. The van der Waals surface area contributed by atoms with Gasteiger partial charge in [0.1, 0.15) is 5.75 Å². The Morgan fingerprint density at radius 1 is 1.33 bits per heavy atom. The minimum absolute atomic E-state index is 0.422. The molecule has 2 aliphatic rings. The first-order valence-corrected chi connectivity index (χ1v) is 8.65. The first-order valence-electron chi connectivity index (χ1n) is 8.28. The van der Waals surface area contributed by atoms with Gasteiger partial charge in [0, 0.05) is 6.04 Å². The number of hydrogen-bond acceptors (Lipinski definition) is 2. The van der Waals surface area contributed by atoms with Crippen molar-refractivity contribution in [1.82, 2.24) is 5.32 Å². The number of hydrogen-bond donors (Lipinski definition) is 1. The molecule has 0 spiro atoms. The van der Waals surface area contributed by atoms with Crippen molar-refractivity contribution in [3.8, 4) is 5.75 Å². The van der Waals surface area contributed by atoms with Gasteiger partial charge in [-0.3, -0.25) is 0 Å². The van der Waals surface area contributed by atoms with Crippen LogP contribution in [-0.2, 0) is 0 Å². The number of methoxy groups -OCH3 is 1. The quantitative estimate of drug-likeness (QED) is 0.813. The Bertz CT molecular complexity index is 490. The highest BCUT2D eigenvalue weighted by Crippen LogP contribution is 2.51. The molecule has 0 radical (unpaired) electrons. The molecule has 2 saturated carbocycles. The fraction of sp³-hybridized carbons (Fsp3) is 0.667. The predicted molar refractivity (Wildman–Crippen MR) is 88.0 cm³/mol. The molecule has 0 aliphatic heterocycles. The zero-order valence-corrected chi connectivity index (χ0v) is 13.8. The van der Waals surface area contributed by atoms with Crippen molar-refractivity contribution in [1.29, 1.82) is 0 Å². The van der Waals surface area contributed by atoms with E-state index in [1.54, 1.807) is 7.11 Å². The molecular weight excluding hydrogens is 282 g/mol. The first kappa shape index (κ1) is 15.2. The van der Waals surface area contributed by atoms with Crippen LogP contribution in [0.15, 0.2) is 18.2 Å². The molecule has 1 aromatic rings. The second-order valence-electron chi connectivity index (χ2n) is 6.67. The molecule has 0 saturated heterocycles. The Kier molecular flexibility index (Phi) is 4.75. The molecule has 4 atom stereocenters. The van der Waals surface area contributed by atoms with Crippen LogP contribution in [0.5, 0.6) is 5.75 Å². The molecule has 3 rings (SSSR count). The number of fused-ring (bicyclic) bond motifs is 2. The third-order valence-electron chi connectivity index (χ3n) is 5.45. The van der Waals surface area contributed by atoms with Crippen molar-refractivity contribution in [3.05, 3.63) is 28.8 Å². The van der Waals surface area contributed by atoms with Crippen LogP contribution in [0.1, 0.15) is 50.6 Å². The zero-order valence-electron chi connectivity index (χ0n) is 13.1. The summed E-state index contributed by atoms with van der Waals surface area (Å²) in [6.45, 7) is 3.18. The monoisotopic (exact) mass is 307 g/mol. The summed E-state index contributed by atoms with van der Waals surface area (Å²) in [6.07, 6.45) is 7.10. The lowest BCUT2D eigenvalue weighted by molar-refractivity contribution is 0.280. The molecule has 1 N–H and O–H groups in total. The van der Waals surface area contributed by atoms with Gasteiger partial charge in [-0.25, -0.2) is 0 Å². The minimum atomic E-state index is 0.422. The number of ether oxygens (including phenoxy) is 1. The van der Waals surface area contributed by atoms with E-state index < -0.39 is 0 Å². The Balaban J connectivity index is 1.74. The second kappa shape index (κ2) is 6.58. The average Bonchev–Trinajstić information content (AvgIpc) is 3.10.